The van der Waals surface area contributed by atoms with E-state index in [1.54, 1.807) is 25.3 Å². The fourth-order valence-corrected chi connectivity index (χ4v) is 1.13. The van der Waals surface area contributed by atoms with Gasteiger partial charge in [0.2, 0.25) is 0 Å². The molecule has 0 aromatic heterocycles. The van der Waals surface area contributed by atoms with Crippen molar-refractivity contribution in [1.29, 1.82) is 0 Å². The second kappa shape index (κ2) is 5.31. The summed E-state index contributed by atoms with van der Waals surface area (Å²) in [6.45, 7) is 0. The Bertz CT molecular complexity index is 388. The van der Waals surface area contributed by atoms with Crippen LogP contribution in [0.5, 0.6) is 5.75 Å². The first-order valence-electron chi connectivity index (χ1n) is 4.04. The van der Waals surface area contributed by atoms with Gasteiger partial charge < -0.3 is 9.53 Å². The van der Waals surface area contributed by atoms with Crippen LogP contribution in [0.3, 0.4) is 0 Å². The molecule has 0 radical (unpaired) electrons. The van der Waals surface area contributed by atoms with Gasteiger partial charge in [0, 0.05) is 5.56 Å². The smallest absolute Gasteiger partial charge is 0.138 e. The van der Waals surface area contributed by atoms with Crippen molar-refractivity contribution in [2.75, 3.05) is 7.11 Å². The second-order valence-electron chi connectivity index (χ2n) is 2.52. The fraction of sp³-hybridized carbons (Fsp3) is 0.182. The first kappa shape index (κ1) is 10.6. The number of rotatable bonds is 2. The molecule has 0 heterocycles. The third-order valence-electron chi connectivity index (χ3n) is 1.57. The van der Waals surface area contributed by atoms with Gasteiger partial charge in [-0.15, -0.1) is 0 Å². The molecule has 1 rings (SSSR count). The summed E-state index contributed by atoms with van der Waals surface area (Å²) in [7, 11) is 1.55. The molecule has 0 spiro atoms. The summed E-state index contributed by atoms with van der Waals surface area (Å²) in [5.74, 6) is 6.12. The molecule has 0 aliphatic heterocycles. The van der Waals surface area contributed by atoms with Gasteiger partial charge in [-0.1, -0.05) is 23.4 Å². The molecule has 1 aromatic carbocycles. The lowest BCUT2D eigenvalue weighted by atomic mass is 10.2. The van der Waals surface area contributed by atoms with Crippen molar-refractivity contribution in [1.82, 2.24) is 0 Å². The van der Waals surface area contributed by atoms with E-state index in [1.165, 1.54) is 0 Å². The molecule has 1 aromatic rings. The molecule has 0 saturated heterocycles. The van der Waals surface area contributed by atoms with Gasteiger partial charge in [-0.25, -0.2) is 0 Å². The van der Waals surface area contributed by atoms with Gasteiger partial charge in [0.05, 0.1) is 18.6 Å². The summed E-state index contributed by atoms with van der Waals surface area (Å²) in [6, 6.07) is 5.23. The minimum Gasteiger partial charge on any atom is -0.495 e. The summed E-state index contributed by atoms with van der Waals surface area (Å²) in [5, 5.41) is 0.549. The summed E-state index contributed by atoms with van der Waals surface area (Å²) in [4.78, 5) is 10.0. The quantitative estimate of drug-likeness (QED) is 0.551. The minimum absolute atomic E-state index is 0.241. The predicted octanol–water partition coefficient (Wildman–Crippen LogP) is 2.29. The SMILES string of the molecule is COc1cc(C#CCC=O)ccc1Cl. The summed E-state index contributed by atoms with van der Waals surface area (Å²) < 4.78 is 5.02. The zero-order chi connectivity index (χ0) is 10.4. The van der Waals surface area contributed by atoms with E-state index < -0.39 is 0 Å². The van der Waals surface area contributed by atoms with Crippen molar-refractivity contribution >= 4 is 17.9 Å². The summed E-state index contributed by atoms with van der Waals surface area (Å²) >= 11 is 5.83. The largest absolute Gasteiger partial charge is 0.495 e. The highest BCUT2D eigenvalue weighted by Gasteiger charge is 1.99. The van der Waals surface area contributed by atoms with E-state index in [4.69, 9.17) is 16.3 Å². The molecule has 0 bridgehead atoms. The van der Waals surface area contributed by atoms with Crippen LogP contribution in [-0.2, 0) is 4.79 Å². The lowest BCUT2D eigenvalue weighted by molar-refractivity contribution is -0.107. The molecular weight excluding hydrogens is 200 g/mol. The van der Waals surface area contributed by atoms with Gasteiger partial charge in [0.1, 0.15) is 12.0 Å². The van der Waals surface area contributed by atoms with Crippen molar-refractivity contribution in [2.45, 2.75) is 6.42 Å². The van der Waals surface area contributed by atoms with Crippen LogP contribution in [0.25, 0.3) is 0 Å². The maximum absolute atomic E-state index is 10.0. The number of hydrogen-bond donors (Lipinski definition) is 0. The van der Waals surface area contributed by atoms with Gasteiger partial charge in [0.25, 0.3) is 0 Å². The van der Waals surface area contributed by atoms with E-state index in [1.807, 2.05) is 0 Å². The summed E-state index contributed by atoms with van der Waals surface area (Å²) in [6.07, 6.45) is 1.01. The molecule has 0 aliphatic rings. The normalized spacial score (nSPS) is 8.71. The van der Waals surface area contributed by atoms with Gasteiger partial charge in [0.15, 0.2) is 0 Å². The number of aldehydes is 1. The zero-order valence-corrected chi connectivity index (χ0v) is 8.47. The van der Waals surface area contributed by atoms with E-state index in [0.717, 1.165) is 11.8 Å². The average Bonchev–Trinajstić information content (AvgIpc) is 2.21. The van der Waals surface area contributed by atoms with Gasteiger partial charge in [-0.05, 0) is 18.2 Å². The highest BCUT2D eigenvalue weighted by molar-refractivity contribution is 6.32. The number of hydrogen-bond acceptors (Lipinski definition) is 2. The number of ether oxygens (including phenoxy) is 1. The molecule has 14 heavy (non-hydrogen) atoms. The van der Waals surface area contributed by atoms with Crippen LogP contribution in [0.2, 0.25) is 5.02 Å². The third-order valence-corrected chi connectivity index (χ3v) is 1.88. The molecule has 0 aliphatic carbocycles. The Labute approximate surface area is 87.8 Å². The van der Waals surface area contributed by atoms with Gasteiger partial charge >= 0.3 is 0 Å². The van der Waals surface area contributed by atoms with Crippen LogP contribution in [-0.4, -0.2) is 13.4 Å². The van der Waals surface area contributed by atoms with E-state index in [0.29, 0.717) is 10.8 Å². The fourth-order valence-electron chi connectivity index (χ4n) is 0.932. The highest BCUT2D eigenvalue weighted by atomic mass is 35.5. The third kappa shape index (κ3) is 2.79. The van der Waals surface area contributed by atoms with Crippen molar-refractivity contribution < 1.29 is 9.53 Å². The molecule has 0 unspecified atom stereocenters. The predicted molar refractivity (Wildman–Crippen MR) is 55.6 cm³/mol. The summed E-state index contributed by atoms with van der Waals surface area (Å²) in [5.41, 5.74) is 0.785. The number of methoxy groups -OCH3 is 1. The molecule has 0 saturated carbocycles. The molecule has 0 fully saturated rings. The maximum Gasteiger partial charge on any atom is 0.138 e. The van der Waals surface area contributed by atoms with E-state index in [2.05, 4.69) is 11.8 Å². The van der Waals surface area contributed by atoms with Crippen LogP contribution in [0, 0.1) is 11.8 Å². The number of carbonyl (C=O) groups is 1. The van der Waals surface area contributed by atoms with Gasteiger partial charge in [-0.3, -0.25) is 0 Å². The number of benzene rings is 1. The lowest BCUT2D eigenvalue weighted by Crippen LogP contribution is -1.85. The molecule has 72 valence electrons. The van der Waals surface area contributed by atoms with E-state index >= 15 is 0 Å². The van der Waals surface area contributed by atoms with Crippen LogP contribution < -0.4 is 4.74 Å². The lowest BCUT2D eigenvalue weighted by Gasteiger charge is -2.01. The molecule has 3 heteroatoms. The monoisotopic (exact) mass is 208 g/mol. The van der Waals surface area contributed by atoms with Gasteiger partial charge in [-0.2, -0.15) is 0 Å². The van der Waals surface area contributed by atoms with Crippen molar-refractivity contribution in [3.8, 4) is 17.6 Å². The van der Waals surface area contributed by atoms with Crippen molar-refractivity contribution in [3.63, 3.8) is 0 Å². The number of carbonyl (C=O) groups excluding carboxylic acids is 1. The standard InChI is InChI=1S/C11H9ClO2/c1-14-11-8-9(4-2-3-7-13)5-6-10(11)12/h5-8H,3H2,1H3. The molecule has 2 nitrogen and oxygen atoms in total. The van der Waals surface area contributed by atoms with Crippen molar-refractivity contribution in [3.05, 3.63) is 28.8 Å². The van der Waals surface area contributed by atoms with Crippen LogP contribution in [0.15, 0.2) is 18.2 Å². The average molecular weight is 209 g/mol. The molecular formula is C11H9ClO2. The number of halogens is 1. The van der Waals surface area contributed by atoms with Crippen LogP contribution >= 0.6 is 11.6 Å². The molecule has 0 amide bonds. The minimum atomic E-state index is 0.241. The zero-order valence-electron chi connectivity index (χ0n) is 7.71. The highest BCUT2D eigenvalue weighted by Crippen LogP contribution is 2.24. The Hall–Kier alpha value is -1.46. The second-order valence-corrected chi connectivity index (χ2v) is 2.93. The molecule has 0 N–H and O–H groups in total. The van der Waals surface area contributed by atoms with Crippen LogP contribution in [0.1, 0.15) is 12.0 Å². The van der Waals surface area contributed by atoms with E-state index in [-0.39, 0.29) is 6.42 Å². The Kier molecular flexibility index (Phi) is 4.03. The van der Waals surface area contributed by atoms with E-state index in [9.17, 15) is 4.79 Å². The topological polar surface area (TPSA) is 26.3 Å². The Balaban J connectivity index is 2.91. The first-order chi connectivity index (χ1) is 6.77. The first-order valence-corrected chi connectivity index (χ1v) is 4.41. The maximum atomic E-state index is 10.0. The Morgan fingerprint density at radius 2 is 2.36 bits per heavy atom. The van der Waals surface area contributed by atoms with Crippen molar-refractivity contribution in [2.24, 2.45) is 0 Å². The Morgan fingerprint density at radius 3 is 3.00 bits per heavy atom. The molecule has 0 atom stereocenters. The Morgan fingerprint density at radius 1 is 1.57 bits per heavy atom. The van der Waals surface area contributed by atoms with Crippen LogP contribution in [0.4, 0.5) is 0 Å².